The summed E-state index contributed by atoms with van der Waals surface area (Å²) in [4.78, 5) is 26.6. The standard InChI is InChI=1S/C19H20FN3O2/c1-13-12-14(20)9-10-16(13)22-18(24)17-8-5-11-23(17)19(25)21-15-6-3-2-4-7-15/h2-4,6-7,9-10,12,17H,5,8,11H2,1H3,(H,21,25)(H,22,24)/t17-/m1/s1. The van der Waals surface area contributed by atoms with Crippen LogP contribution in [0.5, 0.6) is 0 Å². The van der Waals surface area contributed by atoms with Crippen molar-refractivity contribution in [1.29, 1.82) is 0 Å². The van der Waals surface area contributed by atoms with E-state index in [1.807, 2.05) is 18.2 Å². The van der Waals surface area contributed by atoms with E-state index < -0.39 is 6.04 Å². The van der Waals surface area contributed by atoms with Gasteiger partial charge in [0.2, 0.25) is 5.91 Å². The number of nitrogens with zero attached hydrogens (tertiary/aromatic N) is 1. The lowest BCUT2D eigenvalue weighted by molar-refractivity contribution is -0.119. The van der Waals surface area contributed by atoms with Crippen molar-refractivity contribution in [2.24, 2.45) is 0 Å². The Balaban J connectivity index is 1.68. The van der Waals surface area contributed by atoms with Crippen LogP contribution in [0.1, 0.15) is 18.4 Å². The third-order valence-electron chi connectivity index (χ3n) is 4.29. The molecule has 0 radical (unpaired) electrons. The van der Waals surface area contributed by atoms with Crippen molar-refractivity contribution in [3.63, 3.8) is 0 Å². The van der Waals surface area contributed by atoms with E-state index in [2.05, 4.69) is 10.6 Å². The largest absolute Gasteiger partial charge is 0.324 e. The van der Waals surface area contributed by atoms with Crippen LogP contribution >= 0.6 is 0 Å². The van der Waals surface area contributed by atoms with Crippen molar-refractivity contribution in [2.45, 2.75) is 25.8 Å². The summed E-state index contributed by atoms with van der Waals surface area (Å²) in [7, 11) is 0. The molecule has 1 saturated heterocycles. The molecule has 1 heterocycles. The van der Waals surface area contributed by atoms with Crippen LogP contribution in [0.3, 0.4) is 0 Å². The minimum atomic E-state index is -0.534. The minimum absolute atomic E-state index is 0.254. The van der Waals surface area contributed by atoms with E-state index in [0.29, 0.717) is 29.9 Å². The van der Waals surface area contributed by atoms with Gasteiger partial charge in [0.05, 0.1) is 0 Å². The van der Waals surface area contributed by atoms with Crippen LogP contribution in [0.15, 0.2) is 48.5 Å². The summed E-state index contributed by atoms with van der Waals surface area (Å²) in [5.41, 5.74) is 1.89. The number of para-hydroxylation sites is 1. The number of carbonyl (C=O) groups excluding carboxylic acids is 2. The van der Waals surface area contributed by atoms with E-state index in [1.54, 1.807) is 24.0 Å². The zero-order valence-corrected chi connectivity index (χ0v) is 14.0. The zero-order chi connectivity index (χ0) is 17.8. The summed E-state index contributed by atoms with van der Waals surface area (Å²) in [6.07, 6.45) is 1.37. The molecule has 2 aromatic carbocycles. The van der Waals surface area contributed by atoms with Crippen LogP contribution in [0.2, 0.25) is 0 Å². The maximum Gasteiger partial charge on any atom is 0.322 e. The van der Waals surface area contributed by atoms with Gasteiger partial charge in [-0.15, -0.1) is 0 Å². The number of hydrogen-bond donors (Lipinski definition) is 2. The van der Waals surface area contributed by atoms with E-state index in [1.165, 1.54) is 18.2 Å². The summed E-state index contributed by atoms with van der Waals surface area (Å²) in [6, 6.07) is 12.5. The molecule has 25 heavy (non-hydrogen) atoms. The van der Waals surface area contributed by atoms with Crippen LogP contribution in [0.25, 0.3) is 0 Å². The highest BCUT2D eigenvalue weighted by atomic mass is 19.1. The molecule has 0 aromatic heterocycles. The maximum atomic E-state index is 13.2. The maximum absolute atomic E-state index is 13.2. The van der Waals surface area contributed by atoms with Gasteiger partial charge in [-0.2, -0.15) is 0 Å². The van der Waals surface area contributed by atoms with Gasteiger partial charge in [0, 0.05) is 17.9 Å². The molecule has 2 N–H and O–H groups in total. The van der Waals surface area contributed by atoms with Gasteiger partial charge in [0.15, 0.2) is 0 Å². The SMILES string of the molecule is Cc1cc(F)ccc1NC(=O)[C@H]1CCCN1C(=O)Nc1ccccc1. The fourth-order valence-electron chi connectivity index (χ4n) is 2.98. The van der Waals surface area contributed by atoms with Gasteiger partial charge >= 0.3 is 6.03 Å². The topological polar surface area (TPSA) is 61.4 Å². The fraction of sp³-hybridized carbons (Fsp3) is 0.263. The molecular formula is C19H20FN3O2. The van der Waals surface area contributed by atoms with Gasteiger partial charge in [-0.25, -0.2) is 9.18 Å². The Morgan fingerprint density at radius 3 is 2.60 bits per heavy atom. The summed E-state index contributed by atoms with van der Waals surface area (Å²) < 4.78 is 13.2. The molecule has 6 heteroatoms. The van der Waals surface area contributed by atoms with Crippen molar-refractivity contribution in [2.75, 3.05) is 17.2 Å². The molecule has 2 aromatic rings. The van der Waals surface area contributed by atoms with Crippen LogP contribution in [-0.4, -0.2) is 29.4 Å². The predicted molar refractivity (Wildman–Crippen MR) is 95.0 cm³/mol. The third kappa shape index (κ3) is 3.96. The summed E-state index contributed by atoms with van der Waals surface area (Å²) in [6.45, 7) is 2.26. The third-order valence-corrected chi connectivity index (χ3v) is 4.29. The van der Waals surface area contributed by atoms with Crippen LogP contribution in [0.4, 0.5) is 20.6 Å². The molecule has 0 spiro atoms. The number of benzene rings is 2. The summed E-state index contributed by atoms with van der Waals surface area (Å²) in [5, 5.41) is 5.61. The molecule has 1 fully saturated rings. The zero-order valence-electron chi connectivity index (χ0n) is 14.0. The average Bonchev–Trinajstić information content (AvgIpc) is 3.08. The second-order valence-electron chi connectivity index (χ2n) is 6.10. The number of halogens is 1. The van der Waals surface area contributed by atoms with Crippen molar-refractivity contribution in [1.82, 2.24) is 4.90 Å². The number of urea groups is 1. The number of anilines is 2. The van der Waals surface area contributed by atoms with Crippen molar-refractivity contribution in [3.8, 4) is 0 Å². The molecule has 3 amide bonds. The lowest BCUT2D eigenvalue weighted by atomic mass is 10.1. The molecule has 0 bridgehead atoms. The van der Waals surface area contributed by atoms with Crippen molar-refractivity contribution < 1.29 is 14.0 Å². The van der Waals surface area contributed by atoms with E-state index in [0.717, 1.165) is 6.42 Å². The van der Waals surface area contributed by atoms with E-state index in [9.17, 15) is 14.0 Å². The minimum Gasteiger partial charge on any atom is -0.324 e. The van der Waals surface area contributed by atoms with Gasteiger partial charge in [-0.3, -0.25) is 4.79 Å². The fourth-order valence-corrected chi connectivity index (χ4v) is 2.98. The summed E-state index contributed by atoms with van der Waals surface area (Å²) in [5.74, 6) is -0.601. The van der Waals surface area contributed by atoms with Gasteiger partial charge in [0.25, 0.3) is 0 Å². The Kier molecular flexibility index (Phi) is 4.97. The molecule has 0 unspecified atom stereocenters. The molecule has 0 aliphatic carbocycles. The van der Waals surface area contributed by atoms with Crippen LogP contribution < -0.4 is 10.6 Å². The molecule has 1 atom stereocenters. The first-order valence-electron chi connectivity index (χ1n) is 8.24. The Morgan fingerprint density at radius 2 is 1.88 bits per heavy atom. The number of rotatable bonds is 3. The normalized spacial score (nSPS) is 16.6. The smallest absolute Gasteiger partial charge is 0.322 e. The van der Waals surface area contributed by atoms with E-state index in [-0.39, 0.29) is 17.8 Å². The van der Waals surface area contributed by atoms with Crippen molar-refractivity contribution >= 4 is 23.3 Å². The van der Waals surface area contributed by atoms with Gasteiger partial charge in [-0.1, -0.05) is 18.2 Å². The molecule has 0 saturated carbocycles. The highest BCUT2D eigenvalue weighted by Gasteiger charge is 2.34. The first-order chi connectivity index (χ1) is 12.0. The van der Waals surface area contributed by atoms with Gasteiger partial charge < -0.3 is 15.5 Å². The molecule has 1 aliphatic rings. The Bertz CT molecular complexity index is 779. The van der Waals surface area contributed by atoms with Gasteiger partial charge in [0.1, 0.15) is 11.9 Å². The molecule has 3 rings (SSSR count). The monoisotopic (exact) mass is 341 g/mol. The number of hydrogen-bond acceptors (Lipinski definition) is 2. The number of nitrogens with one attached hydrogen (secondary N) is 2. The second-order valence-corrected chi connectivity index (χ2v) is 6.10. The lowest BCUT2D eigenvalue weighted by Gasteiger charge is -2.24. The molecule has 1 aliphatic heterocycles. The van der Waals surface area contributed by atoms with E-state index >= 15 is 0 Å². The molecular weight excluding hydrogens is 321 g/mol. The Morgan fingerprint density at radius 1 is 1.12 bits per heavy atom. The number of amides is 3. The second kappa shape index (κ2) is 7.34. The molecule has 130 valence electrons. The number of likely N-dealkylation sites (tertiary alicyclic amines) is 1. The summed E-state index contributed by atoms with van der Waals surface area (Å²) >= 11 is 0. The highest BCUT2D eigenvalue weighted by Crippen LogP contribution is 2.22. The van der Waals surface area contributed by atoms with Crippen LogP contribution in [-0.2, 0) is 4.79 Å². The highest BCUT2D eigenvalue weighted by molar-refractivity contribution is 5.99. The predicted octanol–water partition coefficient (Wildman–Crippen LogP) is 3.77. The lowest BCUT2D eigenvalue weighted by Crippen LogP contribution is -2.45. The average molecular weight is 341 g/mol. The Labute approximate surface area is 145 Å². The van der Waals surface area contributed by atoms with Crippen LogP contribution in [0, 0.1) is 12.7 Å². The van der Waals surface area contributed by atoms with Crippen molar-refractivity contribution in [3.05, 3.63) is 59.9 Å². The Hall–Kier alpha value is -2.89. The number of aryl methyl sites for hydroxylation is 1. The van der Waals surface area contributed by atoms with Gasteiger partial charge in [-0.05, 0) is 55.7 Å². The quantitative estimate of drug-likeness (QED) is 0.893. The van der Waals surface area contributed by atoms with E-state index in [4.69, 9.17) is 0 Å². The first-order valence-corrected chi connectivity index (χ1v) is 8.24. The molecule has 5 nitrogen and oxygen atoms in total. The first kappa shape index (κ1) is 17.0. The number of carbonyl (C=O) groups is 2.